The zero-order chi connectivity index (χ0) is 10.6. The molecule has 0 aromatic carbocycles. The first-order valence-corrected chi connectivity index (χ1v) is 4.85. The summed E-state index contributed by atoms with van der Waals surface area (Å²) in [7, 11) is 0. The van der Waals surface area contributed by atoms with Crippen LogP contribution in [0, 0.1) is 0 Å². The Morgan fingerprint density at radius 3 is 2.79 bits per heavy atom. The van der Waals surface area contributed by atoms with Gasteiger partial charge in [0.1, 0.15) is 0 Å². The van der Waals surface area contributed by atoms with Crippen molar-refractivity contribution in [1.29, 1.82) is 0 Å². The van der Waals surface area contributed by atoms with E-state index in [4.69, 9.17) is 14.2 Å². The van der Waals surface area contributed by atoms with Crippen molar-refractivity contribution in [2.45, 2.75) is 38.8 Å². The third-order valence-electron chi connectivity index (χ3n) is 1.93. The van der Waals surface area contributed by atoms with Gasteiger partial charge in [-0.1, -0.05) is 20.4 Å². The van der Waals surface area contributed by atoms with Gasteiger partial charge in [0.2, 0.25) is 0 Å². The van der Waals surface area contributed by atoms with Crippen molar-refractivity contribution in [2.24, 2.45) is 0 Å². The zero-order valence-electron chi connectivity index (χ0n) is 8.62. The minimum Gasteiger partial charge on any atom is -0.402 e. The fourth-order valence-electron chi connectivity index (χ4n) is 1.17. The van der Waals surface area contributed by atoms with E-state index in [-0.39, 0.29) is 6.10 Å². The first-order valence-electron chi connectivity index (χ1n) is 4.85. The summed E-state index contributed by atoms with van der Waals surface area (Å²) in [5.74, 6) is -1.65. The van der Waals surface area contributed by atoms with Gasteiger partial charge in [-0.15, -0.1) is 0 Å². The summed E-state index contributed by atoms with van der Waals surface area (Å²) in [6.07, 6.45) is 2.57. The average Bonchev–Trinajstić information content (AvgIpc) is 2.89. The summed E-state index contributed by atoms with van der Waals surface area (Å²) in [6.45, 7) is 7.76. The van der Waals surface area contributed by atoms with Gasteiger partial charge in [-0.3, -0.25) is 0 Å². The standard InChI is InChI=1S/C10H16O4/c1-4-7-12-10(8(5-2)13-10)14-9(11)6-3/h6,8H,3-5,7H2,1-2H3. The second-order valence-electron chi connectivity index (χ2n) is 3.09. The van der Waals surface area contributed by atoms with Gasteiger partial charge in [-0.2, -0.15) is 0 Å². The highest BCUT2D eigenvalue weighted by Crippen LogP contribution is 2.41. The number of hydrogen-bond acceptors (Lipinski definition) is 4. The number of ether oxygens (including phenoxy) is 3. The van der Waals surface area contributed by atoms with Crippen LogP contribution >= 0.6 is 0 Å². The second kappa shape index (κ2) is 4.57. The largest absolute Gasteiger partial charge is 0.402 e. The lowest BCUT2D eigenvalue weighted by Gasteiger charge is -2.12. The number of carbonyl (C=O) groups excluding carboxylic acids is 1. The SMILES string of the molecule is C=CC(=O)OC1(OCCC)OC1CC. The number of esters is 1. The van der Waals surface area contributed by atoms with Gasteiger partial charge in [-0.25, -0.2) is 4.79 Å². The minimum atomic E-state index is -1.13. The molecular formula is C10H16O4. The van der Waals surface area contributed by atoms with Crippen LogP contribution in [0.4, 0.5) is 0 Å². The fraction of sp³-hybridized carbons (Fsp3) is 0.700. The number of hydrogen-bond donors (Lipinski definition) is 0. The molecule has 0 aromatic rings. The van der Waals surface area contributed by atoms with Crippen molar-refractivity contribution in [3.05, 3.63) is 12.7 Å². The van der Waals surface area contributed by atoms with Crippen LogP contribution < -0.4 is 0 Å². The third-order valence-corrected chi connectivity index (χ3v) is 1.93. The minimum absolute atomic E-state index is 0.141. The van der Waals surface area contributed by atoms with Gasteiger partial charge < -0.3 is 14.2 Å². The summed E-state index contributed by atoms with van der Waals surface area (Å²) in [6, 6.07) is 0. The summed E-state index contributed by atoms with van der Waals surface area (Å²) in [4.78, 5) is 11.0. The maximum atomic E-state index is 11.0. The summed E-state index contributed by atoms with van der Waals surface area (Å²) in [5, 5.41) is 0. The van der Waals surface area contributed by atoms with Crippen LogP contribution in [-0.2, 0) is 19.0 Å². The van der Waals surface area contributed by atoms with Crippen LogP contribution in [0.25, 0.3) is 0 Å². The van der Waals surface area contributed by atoms with Gasteiger partial charge in [-0.05, 0) is 12.8 Å². The normalized spacial score (nSPS) is 29.7. The highest BCUT2D eigenvalue weighted by atomic mass is 17.0. The van der Waals surface area contributed by atoms with E-state index in [1.807, 2.05) is 13.8 Å². The maximum Gasteiger partial charge on any atom is 0.358 e. The second-order valence-corrected chi connectivity index (χ2v) is 3.09. The van der Waals surface area contributed by atoms with Crippen LogP contribution in [-0.4, -0.2) is 24.7 Å². The van der Waals surface area contributed by atoms with Gasteiger partial charge in [0.05, 0.1) is 6.61 Å². The summed E-state index contributed by atoms with van der Waals surface area (Å²) < 4.78 is 15.6. The Bertz CT molecular complexity index is 226. The first kappa shape index (κ1) is 11.2. The molecule has 0 radical (unpaired) electrons. The molecule has 0 amide bonds. The molecule has 4 nitrogen and oxygen atoms in total. The molecule has 1 fully saturated rings. The molecule has 1 rings (SSSR count). The zero-order valence-corrected chi connectivity index (χ0v) is 8.62. The molecule has 0 N–H and O–H groups in total. The quantitative estimate of drug-likeness (QED) is 0.283. The molecule has 0 aromatic heterocycles. The predicted molar refractivity (Wildman–Crippen MR) is 50.4 cm³/mol. The Kier molecular flexibility index (Phi) is 3.66. The van der Waals surface area contributed by atoms with Crippen molar-refractivity contribution in [3.8, 4) is 0 Å². The summed E-state index contributed by atoms with van der Waals surface area (Å²) in [5.41, 5.74) is 0. The van der Waals surface area contributed by atoms with Crippen LogP contribution in [0.2, 0.25) is 0 Å². The molecule has 80 valence electrons. The van der Waals surface area contributed by atoms with E-state index in [9.17, 15) is 4.79 Å². The predicted octanol–water partition coefficient (Wildman–Crippen LogP) is 1.60. The number of carbonyl (C=O) groups is 1. The van der Waals surface area contributed by atoms with Gasteiger partial charge >= 0.3 is 11.9 Å². The lowest BCUT2D eigenvalue weighted by molar-refractivity contribution is -0.221. The van der Waals surface area contributed by atoms with Crippen LogP contribution in [0.5, 0.6) is 0 Å². The molecule has 4 heteroatoms. The Labute approximate surface area is 83.8 Å². The Morgan fingerprint density at radius 2 is 2.36 bits per heavy atom. The molecule has 2 atom stereocenters. The van der Waals surface area contributed by atoms with Crippen LogP contribution in [0.1, 0.15) is 26.7 Å². The fourth-order valence-corrected chi connectivity index (χ4v) is 1.17. The highest BCUT2D eigenvalue weighted by Gasteiger charge is 2.61. The topological polar surface area (TPSA) is 48.1 Å². The van der Waals surface area contributed by atoms with Gasteiger partial charge in [0.15, 0.2) is 6.10 Å². The molecule has 1 aliphatic rings. The molecule has 1 heterocycles. The van der Waals surface area contributed by atoms with Crippen LogP contribution in [0.3, 0.4) is 0 Å². The first-order chi connectivity index (χ1) is 6.68. The van der Waals surface area contributed by atoms with Crippen molar-refractivity contribution >= 4 is 5.97 Å². The van der Waals surface area contributed by atoms with Gasteiger partial charge in [0.25, 0.3) is 0 Å². The molecule has 1 saturated heterocycles. The molecule has 0 bridgehead atoms. The lowest BCUT2D eigenvalue weighted by Crippen LogP contribution is -2.27. The van der Waals surface area contributed by atoms with E-state index < -0.39 is 11.9 Å². The molecule has 0 aliphatic carbocycles. The van der Waals surface area contributed by atoms with E-state index >= 15 is 0 Å². The van der Waals surface area contributed by atoms with Crippen molar-refractivity contribution < 1.29 is 19.0 Å². The van der Waals surface area contributed by atoms with E-state index in [1.54, 1.807) is 0 Å². The van der Waals surface area contributed by atoms with Crippen molar-refractivity contribution in [3.63, 3.8) is 0 Å². The Morgan fingerprint density at radius 1 is 1.64 bits per heavy atom. The molecule has 2 unspecified atom stereocenters. The molecule has 1 aliphatic heterocycles. The van der Waals surface area contributed by atoms with Crippen molar-refractivity contribution in [1.82, 2.24) is 0 Å². The molecule has 0 saturated carbocycles. The van der Waals surface area contributed by atoms with Crippen LogP contribution in [0.15, 0.2) is 12.7 Å². The maximum absolute atomic E-state index is 11.0. The van der Waals surface area contributed by atoms with E-state index in [2.05, 4.69) is 6.58 Å². The molecule has 14 heavy (non-hydrogen) atoms. The smallest absolute Gasteiger partial charge is 0.358 e. The van der Waals surface area contributed by atoms with E-state index in [0.717, 1.165) is 18.9 Å². The average molecular weight is 200 g/mol. The Balaban J connectivity index is 2.47. The van der Waals surface area contributed by atoms with E-state index in [1.165, 1.54) is 0 Å². The molecule has 0 spiro atoms. The monoisotopic (exact) mass is 200 g/mol. The van der Waals surface area contributed by atoms with Crippen molar-refractivity contribution in [2.75, 3.05) is 6.61 Å². The lowest BCUT2D eigenvalue weighted by atomic mass is 10.3. The molecular weight excluding hydrogens is 184 g/mol. The summed E-state index contributed by atoms with van der Waals surface area (Å²) >= 11 is 0. The Hall–Kier alpha value is -0.870. The number of epoxide rings is 1. The number of rotatable bonds is 6. The third kappa shape index (κ3) is 2.33. The van der Waals surface area contributed by atoms with E-state index in [0.29, 0.717) is 6.61 Å². The highest BCUT2D eigenvalue weighted by molar-refractivity contribution is 5.81. The van der Waals surface area contributed by atoms with Gasteiger partial charge in [0, 0.05) is 6.08 Å².